The second kappa shape index (κ2) is 4.59. The van der Waals surface area contributed by atoms with Crippen molar-refractivity contribution in [3.8, 4) is 0 Å². The molecule has 0 saturated carbocycles. The quantitative estimate of drug-likeness (QED) is 0.845. The molecule has 17 heavy (non-hydrogen) atoms. The summed E-state index contributed by atoms with van der Waals surface area (Å²) < 4.78 is 0. The molecule has 0 aliphatic carbocycles. The number of carbonyl (C=O) groups is 1. The van der Waals surface area contributed by atoms with Gasteiger partial charge >= 0.3 is 0 Å². The zero-order valence-electron chi connectivity index (χ0n) is 9.97. The number of aliphatic hydroxyl groups is 1. The Hall–Kier alpha value is -1.81. The molecule has 0 radical (unpaired) electrons. The summed E-state index contributed by atoms with van der Waals surface area (Å²) in [6.45, 7) is 1.99. The van der Waals surface area contributed by atoms with Crippen LogP contribution in [0.25, 0.3) is 10.9 Å². The van der Waals surface area contributed by atoms with E-state index in [9.17, 15) is 9.90 Å². The van der Waals surface area contributed by atoms with Gasteiger partial charge in [0.05, 0.1) is 17.2 Å². The smallest absolute Gasteiger partial charge is 0.255 e. The van der Waals surface area contributed by atoms with E-state index in [4.69, 9.17) is 0 Å². The SMILES string of the molecule is CC(O)CN(C)C(=O)c1cccc2cc[nH]c12. The molecule has 1 atom stereocenters. The topological polar surface area (TPSA) is 56.3 Å². The van der Waals surface area contributed by atoms with Gasteiger partial charge in [0, 0.05) is 25.2 Å². The second-order valence-electron chi connectivity index (χ2n) is 4.28. The van der Waals surface area contributed by atoms with E-state index < -0.39 is 6.10 Å². The molecule has 2 aromatic rings. The van der Waals surface area contributed by atoms with E-state index in [0.29, 0.717) is 12.1 Å². The van der Waals surface area contributed by atoms with Crippen molar-refractivity contribution < 1.29 is 9.90 Å². The number of nitrogens with zero attached hydrogens (tertiary/aromatic N) is 1. The lowest BCUT2D eigenvalue weighted by Crippen LogP contribution is -2.33. The molecule has 0 spiro atoms. The Morgan fingerprint density at radius 1 is 1.47 bits per heavy atom. The third-order valence-electron chi connectivity index (χ3n) is 2.70. The summed E-state index contributed by atoms with van der Waals surface area (Å²) in [4.78, 5) is 16.8. The first-order valence-electron chi connectivity index (χ1n) is 5.59. The molecule has 1 amide bonds. The number of aliphatic hydroxyl groups excluding tert-OH is 1. The van der Waals surface area contributed by atoms with Gasteiger partial charge in [0.2, 0.25) is 0 Å². The molecular formula is C13H16N2O2. The van der Waals surface area contributed by atoms with Gasteiger partial charge in [-0.25, -0.2) is 0 Å². The van der Waals surface area contributed by atoms with Crippen LogP contribution >= 0.6 is 0 Å². The van der Waals surface area contributed by atoms with Gasteiger partial charge in [-0.1, -0.05) is 12.1 Å². The van der Waals surface area contributed by atoms with E-state index in [1.54, 1.807) is 20.0 Å². The number of benzene rings is 1. The van der Waals surface area contributed by atoms with Crippen LogP contribution in [0.5, 0.6) is 0 Å². The Bertz CT molecular complexity index is 531. The fourth-order valence-corrected chi connectivity index (χ4v) is 1.95. The van der Waals surface area contributed by atoms with Gasteiger partial charge in [0.15, 0.2) is 0 Å². The van der Waals surface area contributed by atoms with Crippen molar-refractivity contribution >= 4 is 16.8 Å². The molecule has 90 valence electrons. The molecule has 2 rings (SSSR count). The molecule has 1 unspecified atom stereocenters. The third-order valence-corrected chi connectivity index (χ3v) is 2.70. The van der Waals surface area contributed by atoms with Crippen LogP contribution in [0.1, 0.15) is 17.3 Å². The maximum Gasteiger partial charge on any atom is 0.255 e. The van der Waals surface area contributed by atoms with Crippen LogP contribution in [-0.4, -0.2) is 40.6 Å². The summed E-state index contributed by atoms with van der Waals surface area (Å²) in [5.41, 5.74) is 1.48. The molecule has 1 heterocycles. The number of hydrogen-bond donors (Lipinski definition) is 2. The lowest BCUT2D eigenvalue weighted by atomic mass is 10.1. The van der Waals surface area contributed by atoms with E-state index in [-0.39, 0.29) is 5.91 Å². The van der Waals surface area contributed by atoms with Crippen molar-refractivity contribution in [1.82, 2.24) is 9.88 Å². The number of aromatic nitrogens is 1. The Morgan fingerprint density at radius 2 is 2.24 bits per heavy atom. The van der Waals surface area contributed by atoms with Crippen LogP contribution in [0, 0.1) is 0 Å². The summed E-state index contributed by atoms with van der Waals surface area (Å²) in [5.74, 6) is -0.0843. The number of likely N-dealkylation sites (N-methyl/N-ethyl adjacent to an activating group) is 1. The average molecular weight is 232 g/mol. The minimum atomic E-state index is -0.521. The molecule has 0 bridgehead atoms. The molecule has 2 N–H and O–H groups in total. The highest BCUT2D eigenvalue weighted by atomic mass is 16.3. The predicted molar refractivity (Wildman–Crippen MR) is 66.9 cm³/mol. The number of aromatic amines is 1. The largest absolute Gasteiger partial charge is 0.392 e. The lowest BCUT2D eigenvalue weighted by molar-refractivity contribution is 0.0705. The van der Waals surface area contributed by atoms with E-state index in [0.717, 1.165) is 10.9 Å². The molecule has 0 aliphatic heterocycles. The molecule has 4 heteroatoms. The minimum absolute atomic E-state index is 0.0843. The number of fused-ring (bicyclic) bond motifs is 1. The minimum Gasteiger partial charge on any atom is -0.392 e. The lowest BCUT2D eigenvalue weighted by Gasteiger charge is -2.19. The molecule has 1 aromatic carbocycles. The van der Waals surface area contributed by atoms with E-state index in [1.807, 2.05) is 24.4 Å². The fraction of sp³-hybridized carbons (Fsp3) is 0.308. The zero-order valence-corrected chi connectivity index (χ0v) is 9.97. The van der Waals surface area contributed by atoms with Crippen molar-refractivity contribution in [2.75, 3.05) is 13.6 Å². The molecule has 0 fully saturated rings. The zero-order chi connectivity index (χ0) is 12.4. The van der Waals surface area contributed by atoms with Gasteiger partial charge in [-0.15, -0.1) is 0 Å². The Labute approximate surface area is 99.9 Å². The number of para-hydroxylation sites is 1. The number of nitrogens with one attached hydrogen (secondary N) is 1. The van der Waals surface area contributed by atoms with Gasteiger partial charge in [0.25, 0.3) is 5.91 Å². The van der Waals surface area contributed by atoms with Crippen molar-refractivity contribution in [3.05, 3.63) is 36.0 Å². The van der Waals surface area contributed by atoms with Gasteiger partial charge in [0.1, 0.15) is 0 Å². The van der Waals surface area contributed by atoms with Crippen LogP contribution in [0.3, 0.4) is 0 Å². The highest BCUT2D eigenvalue weighted by Crippen LogP contribution is 2.18. The first-order chi connectivity index (χ1) is 8.09. The number of carbonyl (C=O) groups excluding carboxylic acids is 1. The predicted octanol–water partition coefficient (Wildman–Crippen LogP) is 1.62. The molecule has 0 aliphatic rings. The van der Waals surface area contributed by atoms with Gasteiger partial charge in [-0.2, -0.15) is 0 Å². The molecule has 4 nitrogen and oxygen atoms in total. The van der Waals surface area contributed by atoms with Crippen molar-refractivity contribution in [2.45, 2.75) is 13.0 Å². The Morgan fingerprint density at radius 3 is 2.94 bits per heavy atom. The number of rotatable bonds is 3. The Balaban J connectivity index is 2.33. The van der Waals surface area contributed by atoms with E-state index in [2.05, 4.69) is 4.98 Å². The van der Waals surface area contributed by atoms with Gasteiger partial charge in [-0.05, 0) is 19.1 Å². The summed E-state index contributed by atoms with van der Waals surface area (Å²) in [6.07, 6.45) is 1.29. The van der Waals surface area contributed by atoms with Crippen LogP contribution < -0.4 is 0 Å². The van der Waals surface area contributed by atoms with Crippen molar-refractivity contribution in [3.63, 3.8) is 0 Å². The first-order valence-corrected chi connectivity index (χ1v) is 5.59. The number of H-pyrrole nitrogens is 1. The van der Waals surface area contributed by atoms with Crippen LogP contribution in [0.2, 0.25) is 0 Å². The second-order valence-corrected chi connectivity index (χ2v) is 4.28. The fourth-order valence-electron chi connectivity index (χ4n) is 1.95. The Kier molecular flexibility index (Phi) is 3.15. The summed E-state index contributed by atoms with van der Waals surface area (Å²) >= 11 is 0. The maximum absolute atomic E-state index is 12.2. The van der Waals surface area contributed by atoms with Crippen LogP contribution in [0.4, 0.5) is 0 Å². The molecule has 0 saturated heterocycles. The van der Waals surface area contributed by atoms with Crippen LogP contribution in [-0.2, 0) is 0 Å². The third kappa shape index (κ3) is 2.31. The van der Waals surface area contributed by atoms with Crippen LogP contribution in [0.15, 0.2) is 30.5 Å². The first kappa shape index (κ1) is 11.7. The molecule has 1 aromatic heterocycles. The maximum atomic E-state index is 12.2. The summed E-state index contributed by atoms with van der Waals surface area (Å²) in [5, 5.41) is 10.3. The highest BCUT2D eigenvalue weighted by molar-refractivity contribution is 6.05. The average Bonchev–Trinajstić information content (AvgIpc) is 2.74. The normalized spacial score (nSPS) is 12.6. The summed E-state index contributed by atoms with van der Waals surface area (Å²) in [7, 11) is 1.69. The summed E-state index contributed by atoms with van der Waals surface area (Å²) in [6, 6.07) is 7.54. The van der Waals surface area contributed by atoms with E-state index >= 15 is 0 Å². The van der Waals surface area contributed by atoms with E-state index in [1.165, 1.54) is 4.90 Å². The van der Waals surface area contributed by atoms with Crippen molar-refractivity contribution in [2.24, 2.45) is 0 Å². The van der Waals surface area contributed by atoms with Gasteiger partial charge < -0.3 is 15.0 Å². The highest BCUT2D eigenvalue weighted by Gasteiger charge is 2.16. The number of amides is 1. The van der Waals surface area contributed by atoms with Crippen molar-refractivity contribution in [1.29, 1.82) is 0 Å². The standard InChI is InChI=1S/C13H16N2O2/c1-9(16)8-15(2)13(17)11-5-3-4-10-6-7-14-12(10)11/h3-7,9,14,16H,8H2,1-2H3. The molecular weight excluding hydrogens is 216 g/mol. The monoisotopic (exact) mass is 232 g/mol. The number of hydrogen-bond acceptors (Lipinski definition) is 2. The van der Waals surface area contributed by atoms with Gasteiger partial charge in [-0.3, -0.25) is 4.79 Å².